The standard InChI is InChI=1S/C12H19N5/c1-9(2)6-10(13-3)7-11-12-16-15-8-17(12)5-4-14-11/h4-5,8-10,13H,6-7H2,1-3H3. The van der Waals surface area contributed by atoms with Crippen molar-refractivity contribution in [3.8, 4) is 0 Å². The first-order chi connectivity index (χ1) is 8.20. The van der Waals surface area contributed by atoms with E-state index in [-0.39, 0.29) is 0 Å². The van der Waals surface area contributed by atoms with Crippen molar-refractivity contribution in [3.05, 3.63) is 24.4 Å². The van der Waals surface area contributed by atoms with Gasteiger partial charge in [0.1, 0.15) is 6.33 Å². The van der Waals surface area contributed by atoms with Gasteiger partial charge in [0.25, 0.3) is 0 Å². The van der Waals surface area contributed by atoms with Crippen molar-refractivity contribution >= 4 is 5.65 Å². The van der Waals surface area contributed by atoms with Crippen LogP contribution in [0.4, 0.5) is 0 Å². The maximum absolute atomic E-state index is 4.41. The summed E-state index contributed by atoms with van der Waals surface area (Å²) in [7, 11) is 2.00. The molecule has 5 nitrogen and oxygen atoms in total. The van der Waals surface area contributed by atoms with Gasteiger partial charge in [0.05, 0.1) is 5.69 Å². The highest BCUT2D eigenvalue weighted by Gasteiger charge is 2.13. The number of likely N-dealkylation sites (N-methyl/N-ethyl adjacent to an activating group) is 1. The van der Waals surface area contributed by atoms with Crippen LogP contribution in [0.15, 0.2) is 18.7 Å². The highest BCUT2D eigenvalue weighted by atomic mass is 15.2. The molecule has 0 radical (unpaired) electrons. The summed E-state index contributed by atoms with van der Waals surface area (Å²) in [5, 5.41) is 11.4. The van der Waals surface area contributed by atoms with Crippen LogP contribution in [0.3, 0.4) is 0 Å². The summed E-state index contributed by atoms with van der Waals surface area (Å²) in [6.07, 6.45) is 7.39. The first-order valence-electron chi connectivity index (χ1n) is 6.01. The smallest absolute Gasteiger partial charge is 0.182 e. The number of aromatic nitrogens is 4. The largest absolute Gasteiger partial charge is 0.317 e. The normalized spacial score (nSPS) is 13.4. The maximum atomic E-state index is 4.41. The fourth-order valence-electron chi connectivity index (χ4n) is 2.06. The van der Waals surface area contributed by atoms with Gasteiger partial charge in [-0.05, 0) is 19.4 Å². The van der Waals surface area contributed by atoms with Gasteiger partial charge < -0.3 is 5.32 Å². The molecule has 0 bridgehead atoms. The van der Waals surface area contributed by atoms with Crippen LogP contribution in [0.2, 0.25) is 0 Å². The molecule has 0 spiro atoms. The Morgan fingerprint density at radius 2 is 2.24 bits per heavy atom. The van der Waals surface area contributed by atoms with Gasteiger partial charge in [0.2, 0.25) is 0 Å². The fourth-order valence-corrected chi connectivity index (χ4v) is 2.06. The Kier molecular flexibility index (Phi) is 3.68. The van der Waals surface area contributed by atoms with E-state index in [9.17, 15) is 0 Å². The molecule has 2 aromatic heterocycles. The Morgan fingerprint density at radius 1 is 1.41 bits per heavy atom. The van der Waals surface area contributed by atoms with Gasteiger partial charge in [0.15, 0.2) is 5.65 Å². The molecule has 0 saturated heterocycles. The molecule has 2 aromatic rings. The number of nitrogens with one attached hydrogen (secondary N) is 1. The lowest BCUT2D eigenvalue weighted by Gasteiger charge is -2.17. The minimum atomic E-state index is 0.436. The van der Waals surface area contributed by atoms with E-state index in [0.29, 0.717) is 12.0 Å². The Balaban J connectivity index is 2.19. The number of hydrogen-bond donors (Lipinski definition) is 1. The predicted molar refractivity (Wildman–Crippen MR) is 66.8 cm³/mol. The molecule has 0 aliphatic carbocycles. The van der Waals surface area contributed by atoms with Gasteiger partial charge in [-0.25, -0.2) is 0 Å². The number of hydrogen-bond acceptors (Lipinski definition) is 4. The molecule has 2 rings (SSSR count). The van der Waals surface area contributed by atoms with Gasteiger partial charge in [0, 0.05) is 24.9 Å². The third kappa shape index (κ3) is 2.79. The SMILES string of the molecule is CNC(Cc1nccn2cnnc12)CC(C)C. The van der Waals surface area contributed by atoms with Crippen molar-refractivity contribution in [2.45, 2.75) is 32.7 Å². The maximum Gasteiger partial charge on any atom is 0.182 e. The van der Waals surface area contributed by atoms with E-state index in [1.54, 1.807) is 12.5 Å². The second kappa shape index (κ2) is 5.23. The van der Waals surface area contributed by atoms with E-state index in [1.807, 2.05) is 17.6 Å². The summed E-state index contributed by atoms with van der Waals surface area (Å²) < 4.78 is 1.91. The lowest BCUT2D eigenvalue weighted by atomic mass is 10.00. The molecular weight excluding hydrogens is 214 g/mol. The molecule has 2 heterocycles. The molecule has 1 N–H and O–H groups in total. The molecule has 1 atom stereocenters. The highest BCUT2D eigenvalue weighted by Crippen LogP contribution is 2.12. The molecule has 5 heteroatoms. The minimum absolute atomic E-state index is 0.436. The van der Waals surface area contributed by atoms with E-state index in [2.05, 4.69) is 34.3 Å². The predicted octanol–water partition coefficient (Wildman–Crippen LogP) is 1.30. The summed E-state index contributed by atoms with van der Waals surface area (Å²) in [6.45, 7) is 4.46. The third-order valence-electron chi connectivity index (χ3n) is 2.89. The monoisotopic (exact) mass is 233 g/mol. The van der Waals surface area contributed by atoms with Crippen molar-refractivity contribution in [1.82, 2.24) is 24.9 Å². The quantitative estimate of drug-likeness (QED) is 0.845. The van der Waals surface area contributed by atoms with Crippen molar-refractivity contribution in [2.75, 3.05) is 7.05 Å². The second-order valence-electron chi connectivity index (χ2n) is 4.76. The van der Waals surface area contributed by atoms with Crippen molar-refractivity contribution in [3.63, 3.8) is 0 Å². The van der Waals surface area contributed by atoms with Crippen molar-refractivity contribution in [2.24, 2.45) is 5.92 Å². The van der Waals surface area contributed by atoms with Gasteiger partial charge in [-0.15, -0.1) is 10.2 Å². The molecular formula is C12H19N5. The molecule has 92 valence electrons. The first kappa shape index (κ1) is 12.0. The number of nitrogens with zero attached hydrogens (tertiary/aromatic N) is 4. The topological polar surface area (TPSA) is 55.1 Å². The molecule has 0 saturated carbocycles. The van der Waals surface area contributed by atoms with Crippen molar-refractivity contribution < 1.29 is 0 Å². The molecule has 0 aliphatic rings. The van der Waals surface area contributed by atoms with Gasteiger partial charge >= 0.3 is 0 Å². The number of fused-ring (bicyclic) bond motifs is 1. The van der Waals surface area contributed by atoms with Gasteiger partial charge in [-0.1, -0.05) is 13.8 Å². The summed E-state index contributed by atoms with van der Waals surface area (Å²) >= 11 is 0. The van der Waals surface area contributed by atoms with Crippen molar-refractivity contribution in [1.29, 1.82) is 0 Å². The Morgan fingerprint density at radius 3 is 2.94 bits per heavy atom. The van der Waals surface area contributed by atoms with Crippen LogP contribution < -0.4 is 5.32 Å². The summed E-state index contributed by atoms with van der Waals surface area (Å²) in [5.41, 5.74) is 1.86. The van der Waals surface area contributed by atoms with Crippen LogP contribution in [0.25, 0.3) is 5.65 Å². The molecule has 0 amide bonds. The summed E-state index contributed by atoms with van der Waals surface area (Å²) in [5.74, 6) is 0.671. The van der Waals surface area contributed by atoms with Crippen LogP contribution in [0.5, 0.6) is 0 Å². The minimum Gasteiger partial charge on any atom is -0.317 e. The highest BCUT2D eigenvalue weighted by molar-refractivity contribution is 5.42. The third-order valence-corrected chi connectivity index (χ3v) is 2.89. The molecule has 17 heavy (non-hydrogen) atoms. The van der Waals surface area contributed by atoms with E-state index < -0.39 is 0 Å². The van der Waals surface area contributed by atoms with E-state index in [0.717, 1.165) is 24.2 Å². The molecule has 0 aliphatic heterocycles. The second-order valence-corrected chi connectivity index (χ2v) is 4.76. The van der Waals surface area contributed by atoms with Crippen LogP contribution in [-0.2, 0) is 6.42 Å². The Labute approximate surface area is 101 Å². The average molecular weight is 233 g/mol. The first-order valence-corrected chi connectivity index (χ1v) is 6.01. The zero-order valence-corrected chi connectivity index (χ0v) is 10.6. The van der Waals surface area contributed by atoms with E-state index in [4.69, 9.17) is 0 Å². The molecule has 0 fully saturated rings. The van der Waals surface area contributed by atoms with E-state index in [1.165, 1.54) is 0 Å². The Hall–Kier alpha value is -1.49. The van der Waals surface area contributed by atoms with Gasteiger partial charge in [-0.3, -0.25) is 9.38 Å². The zero-order valence-electron chi connectivity index (χ0n) is 10.6. The molecule has 1 unspecified atom stereocenters. The molecule has 0 aromatic carbocycles. The van der Waals surface area contributed by atoms with Crippen LogP contribution in [0, 0.1) is 5.92 Å². The number of rotatable bonds is 5. The Bertz CT molecular complexity index is 476. The summed E-state index contributed by atoms with van der Waals surface area (Å²) in [4.78, 5) is 4.41. The van der Waals surface area contributed by atoms with Gasteiger partial charge in [-0.2, -0.15) is 0 Å². The van der Waals surface area contributed by atoms with Crippen LogP contribution in [-0.4, -0.2) is 32.7 Å². The van der Waals surface area contributed by atoms with Crippen LogP contribution in [0.1, 0.15) is 26.0 Å². The fraction of sp³-hybridized carbons (Fsp3) is 0.583. The zero-order chi connectivity index (χ0) is 12.3. The van der Waals surface area contributed by atoms with Crippen LogP contribution >= 0.6 is 0 Å². The summed E-state index contributed by atoms with van der Waals surface area (Å²) in [6, 6.07) is 0.436. The average Bonchev–Trinajstić information content (AvgIpc) is 2.76. The lowest BCUT2D eigenvalue weighted by Crippen LogP contribution is -2.29. The lowest BCUT2D eigenvalue weighted by molar-refractivity contribution is 0.438. The van der Waals surface area contributed by atoms with E-state index >= 15 is 0 Å².